The minimum Gasteiger partial charge on any atom is -0.364 e. The highest BCUT2D eigenvalue weighted by Gasteiger charge is 2.06. The molecule has 0 spiro atoms. The number of aldehydes is 1. The average molecular weight is 187 g/mol. The van der Waals surface area contributed by atoms with Crippen LogP contribution in [-0.4, -0.2) is 17.1 Å². The number of Topliss-reactive ketones (excluding diaryl/α,β-unsaturated/α-hetero) is 1. The number of carbonyl (C=O) groups is 2. The van der Waals surface area contributed by atoms with Gasteiger partial charge in [-0.05, 0) is 5.39 Å². The Balaban J connectivity index is 2.43. The van der Waals surface area contributed by atoms with Crippen LogP contribution in [-0.2, 0) is 16.0 Å². The van der Waals surface area contributed by atoms with Crippen LogP contribution in [0.4, 0.5) is 0 Å². The van der Waals surface area contributed by atoms with Crippen molar-refractivity contribution >= 4 is 22.8 Å². The Morgan fingerprint density at radius 1 is 1.36 bits per heavy atom. The maximum Gasteiger partial charge on any atom is 0.201 e. The fourth-order valence-corrected chi connectivity index (χ4v) is 1.50. The van der Waals surface area contributed by atoms with E-state index < -0.39 is 5.78 Å². The zero-order valence-electron chi connectivity index (χ0n) is 7.49. The smallest absolute Gasteiger partial charge is 0.201 e. The second-order valence-electron chi connectivity index (χ2n) is 3.12. The third-order valence-electron chi connectivity index (χ3n) is 2.17. The van der Waals surface area contributed by atoms with Crippen molar-refractivity contribution in [1.29, 1.82) is 0 Å². The van der Waals surface area contributed by atoms with Gasteiger partial charge in [-0.3, -0.25) is 9.59 Å². The number of hydrogen-bond acceptors (Lipinski definition) is 2. The van der Waals surface area contributed by atoms with Gasteiger partial charge in [0.1, 0.15) is 0 Å². The molecular formula is C11H9NO2. The second-order valence-corrected chi connectivity index (χ2v) is 3.12. The van der Waals surface area contributed by atoms with Crippen LogP contribution < -0.4 is 0 Å². The summed E-state index contributed by atoms with van der Waals surface area (Å²) in [5.41, 5.74) is 0.803. The van der Waals surface area contributed by atoms with Crippen molar-refractivity contribution in [2.75, 3.05) is 0 Å². The first-order valence-corrected chi connectivity index (χ1v) is 4.34. The minimum atomic E-state index is -0.405. The van der Waals surface area contributed by atoms with Crippen LogP contribution in [0, 0.1) is 0 Å². The van der Waals surface area contributed by atoms with E-state index in [-0.39, 0.29) is 6.42 Å². The summed E-state index contributed by atoms with van der Waals surface area (Å²) >= 11 is 0. The number of aromatic nitrogens is 1. The normalized spacial score (nSPS) is 10.3. The van der Waals surface area contributed by atoms with Crippen molar-refractivity contribution in [1.82, 2.24) is 4.98 Å². The maximum absolute atomic E-state index is 10.9. The number of carbonyl (C=O) groups excluding carboxylic acids is 2. The number of rotatable bonds is 3. The molecule has 0 aliphatic rings. The van der Waals surface area contributed by atoms with Gasteiger partial charge in [0.15, 0.2) is 6.29 Å². The number of nitrogens with one attached hydrogen (secondary N) is 1. The van der Waals surface area contributed by atoms with Gasteiger partial charge in [-0.15, -0.1) is 0 Å². The van der Waals surface area contributed by atoms with Gasteiger partial charge in [0.2, 0.25) is 5.78 Å². The molecule has 0 saturated carbocycles. The Labute approximate surface area is 80.7 Å². The van der Waals surface area contributed by atoms with Crippen molar-refractivity contribution in [3.05, 3.63) is 36.2 Å². The summed E-state index contributed by atoms with van der Waals surface area (Å²) in [6.45, 7) is 0. The molecule has 3 heteroatoms. The average Bonchev–Trinajstić information content (AvgIpc) is 2.62. The number of hydrogen-bond donors (Lipinski definition) is 1. The molecule has 1 heterocycles. The van der Waals surface area contributed by atoms with Crippen LogP contribution in [0.5, 0.6) is 0 Å². The van der Waals surface area contributed by atoms with E-state index >= 15 is 0 Å². The standard InChI is InChI=1S/C11H9NO2/c13-7-9(14)5-11-10-4-2-1-3-8(10)6-12-11/h1-4,6-7,12H,5H2. The Morgan fingerprint density at radius 2 is 2.14 bits per heavy atom. The van der Waals surface area contributed by atoms with Gasteiger partial charge in [0.05, 0.1) is 6.42 Å². The molecule has 1 aromatic heterocycles. The van der Waals surface area contributed by atoms with Crippen molar-refractivity contribution in [3.8, 4) is 0 Å². The Kier molecular flexibility index (Phi) is 2.14. The number of fused-ring (bicyclic) bond motifs is 1. The van der Waals surface area contributed by atoms with E-state index in [1.165, 1.54) is 0 Å². The van der Waals surface area contributed by atoms with Gasteiger partial charge in [0, 0.05) is 17.3 Å². The van der Waals surface area contributed by atoms with E-state index in [0.29, 0.717) is 6.29 Å². The van der Waals surface area contributed by atoms with Crippen molar-refractivity contribution < 1.29 is 9.59 Å². The van der Waals surface area contributed by atoms with Crippen molar-refractivity contribution in [3.63, 3.8) is 0 Å². The van der Waals surface area contributed by atoms with E-state index in [9.17, 15) is 9.59 Å². The number of ketones is 1. The third kappa shape index (κ3) is 1.44. The van der Waals surface area contributed by atoms with E-state index in [4.69, 9.17) is 0 Å². The lowest BCUT2D eigenvalue weighted by molar-refractivity contribution is -0.129. The van der Waals surface area contributed by atoms with Crippen LogP contribution in [0.2, 0.25) is 0 Å². The molecule has 70 valence electrons. The molecule has 0 radical (unpaired) electrons. The summed E-state index contributed by atoms with van der Waals surface area (Å²) in [5, 5.41) is 2.06. The monoisotopic (exact) mass is 187 g/mol. The molecule has 0 bridgehead atoms. The molecule has 0 atom stereocenters. The van der Waals surface area contributed by atoms with Gasteiger partial charge in [-0.25, -0.2) is 0 Å². The molecule has 0 unspecified atom stereocenters. The van der Waals surface area contributed by atoms with Crippen LogP contribution >= 0.6 is 0 Å². The van der Waals surface area contributed by atoms with Gasteiger partial charge < -0.3 is 4.98 Å². The topological polar surface area (TPSA) is 49.9 Å². The van der Waals surface area contributed by atoms with Gasteiger partial charge in [-0.2, -0.15) is 0 Å². The molecule has 2 aromatic rings. The molecule has 0 aliphatic heterocycles. The zero-order chi connectivity index (χ0) is 9.97. The largest absolute Gasteiger partial charge is 0.364 e. The summed E-state index contributed by atoms with van der Waals surface area (Å²) in [4.78, 5) is 24.1. The summed E-state index contributed by atoms with van der Waals surface area (Å²) < 4.78 is 0. The number of H-pyrrole nitrogens is 1. The van der Waals surface area contributed by atoms with E-state index in [0.717, 1.165) is 16.5 Å². The fourth-order valence-electron chi connectivity index (χ4n) is 1.50. The highest BCUT2D eigenvalue weighted by molar-refractivity contribution is 6.25. The highest BCUT2D eigenvalue weighted by Crippen LogP contribution is 2.17. The lowest BCUT2D eigenvalue weighted by atomic mass is 10.1. The lowest BCUT2D eigenvalue weighted by Crippen LogP contribution is -2.03. The maximum atomic E-state index is 10.9. The summed E-state index contributed by atoms with van der Waals surface area (Å²) in [5.74, 6) is -0.405. The number of benzene rings is 1. The van der Waals surface area contributed by atoms with Crippen molar-refractivity contribution in [2.24, 2.45) is 0 Å². The van der Waals surface area contributed by atoms with E-state index in [1.54, 1.807) is 0 Å². The summed E-state index contributed by atoms with van der Waals surface area (Å²) in [6.07, 6.45) is 2.34. The summed E-state index contributed by atoms with van der Waals surface area (Å²) in [6, 6.07) is 7.73. The molecule has 14 heavy (non-hydrogen) atoms. The van der Waals surface area contributed by atoms with Crippen LogP contribution in [0.1, 0.15) is 5.69 Å². The first kappa shape index (κ1) is 8.69. The van der Waals surface area contributed by atoms with Gasteiger partial charge in [-0.1, -0.05) is 24.3 Å². The number of aromatic amines is 1. The predicted molar refractivity (Wildman–Crippen MR) is 53.1 cm³/mol. The molecule has 0 fully saturated rings. The Morgan fingerprint density at radius 3 is 2.93 bits per heavy atom. The molecule has 0 amide bonds. The summed E-state index contributed by atoms with van der Waals surface area (Å²) in [7, 11) is 0. The van der Waals surface area contributed by atoms with Crippen molar-refractivity contribution in [2.45, 2.75) is 6.42 Å². The minimum absolute atomic E-state index is 0.150. The molecule has 3 nitrogen and oxygen atoms in total. The highest BCUT2D eigenvalue weighted by atomic mass is 16.2. The Hall–Kier alpha value is -1.90. The SMILES string of the molecule is O=CC(=O)Cc1[nH]cc2ccccc12. The van der Waals surface area contributed by atoms with E-state index in [2.05, 4.69) is 4.98 Å². The lowest BCUT2D eigenvalue weighted by Gasteiger charge is -1.93. The molecule has 1 aromatic carbocycles. The first-order valence-electron chi connectivity index (χ1n) is 4.34. The van der Waals surface area contributed by atoms with Crippen LogP contribution in [0.3, 0.4) is 0 Å². The molecule has 2 rings (SSSR count). The predicted octanol–water partition coefficient (Wildman–Crippen LogP) is 1.48. The molecule has 0 aliphatic carbocycles. The first-order chi connectivity index (χ1) is 6.81. The van der Waals surface area contributed by atoms with Gasteiger partial charge in [0.25, 0.3) is 0 Å². The molecule has 0 saturated heterocycles. The Bertz CT molecular complexity index is 485. The van der Waals surface area contributed by atoms with Gasteiger partial charge >= 0.3 is 0 Å². The molecule has 1 N–H and O–H groups in total. The molecular weight excluding hydrogens is 178 g/mol. The van der Waals surface area contributed by atoms with Crippen LogP contribution in [0.25, 0.3) is 10.8 Å². The second kappa shape index (κ2) is 3.46. The quantitative estimate of drug-likeness (QED) is 0.584. The van der Waals surface area contributed by atoms with E-state index in [1.807, 2.05) is 30.5 Å². The zero-order valence-corrected chi connectivity index (χ0v) is 7.49. The fraction of sp³-hybridized carbons (Fsp3) is 0.0909. The van der Waals surface area contributed by atoms with Crippen LogP contribution in [0.15, 0.2) is 30.5 Å². The third-order valence-corrected chi connectivity index (χ3v) is 2.17.